The molecule has 0 saturated carbocycles. The van der Waals surface area contributed by atoms with E-state index in [2.05, 4.69) is 58.2 Å². The van der Waals surface area contributed by atoms with Crippen molar-refractivity contribution in [2.24, 2.45) is 0 Å². The number of rotatable bonds is 5. The van der Waals surface area contributed by atoms with Crippen molar-refractivity contribution in [3.63, 3.8) is 0 Å². The van der Waals surface area contributed by atoms with Gasteiger partial charge in [0.1, 0.15) is 5.65 Å². The van der Waals surface area contributed by atoms with Crippen LogP contribution in [0, 0.1) is 0 Å². The van der Waals surface area contributed by atoms with E-state index in [-0.39, 0.29) is 0 Å². The largest absolute Gasteiger partial charge is 0.308 e. The first-order chi connectivity index (χ1) is 9.81. The van der Waals surface area contributed by atoms with Crippen molar-refractivity contribution in [3.8, 4) is 0 Å². The lowest BCUT2D eigenvalue weighted by Gasteiger charge is -2.12. The molecule has 0 aliphatic rings. The molecular weight excluding hydrogens is 246 g/mol. The van der Waals surface area contributed by atoms with Gasteiger partial charge in [-0.1, -0.05) is 36.4 Å². The zero-order valence-electron chi connectivity index (χ0n) is 11.7. The molecule has 0 spiro atoms. The Morgan fingerprint density at radius 2 is 1.90 bits per heavy atom. The molecule has 0 bridgehead atoms. The highest BCUT2D eigenvalue weighted by Crippen LogP contribution is 2.06. The van der Waals surface area contributed by atoms with E-state index in [4.69, 9.17) is 0 Å². The second-order valence-corrected chi connectivity index (χ2v) is 5.17. The van der Waals surface area contributed by atoms with Gasteiger partial charge in [-0.25, -0.2) is 4.98 Å². The quantitative estimate of drug-likeness (QED) is 0.768. The Balaban J connectivity index is 1.58. The standard InChI is InChI=1S/C17H19N3/c1-14(11-15-7-3-2-4-8-15)18-12-16-13-20-10-6-5-9-17(20)19-16/h2-10,13-14,18H,11-12H2,1H3. The minimum absolute atomic E-state index is 0.433. The molecule has 20 heavy (non-hydrogen) atoms. The van der Waals surface area contributed by atoms with Gasteiger partial charge in [0.25, 0.3) is 0 Å². The van der Waals surface area contributed by atoms with Crippen molar-refractivity contribution < 1.29 is 0 Å². The fraction of sp³-hybridized carbons (Fsp3) is 0.235. The Labute approximate surface area is 119 Å². The van der Waals surface area contributed by atoms with Gasteiger partial charge in [0.2, 0.25) is 0 Å². The summed E-state index contributed by atoms with van der Waals surface area (Å²) in [6, 6.07) is 17.1. The summed E-state index contributed by atoms with van der Waals surface area (Å²) in [6.07, 6.45) is 5.14. The first-order valence-corrected chi connectivity index (χ1v) is 7.01. The number of fused-ring (bicyclic) bond motifs is 1. The summed E-state index contributed by atoms with van der Waals surface area (Å²) in [4.78, 5) is 4.59. The third kappa shape index (κ3) is 3.06. The molecule has 102 valence electrons. The third-order valence-corrected chi connectivity index (χ3v) is 3.43. The monoisotopic (exact) mass is 265 g/mol. The maximum absolute atomic E-state index is 4.59. The number of nitrogens with zero attached hydrogens (tertiary/aromatic N) is 2. The molecular formula is C17H19N3. The summed E-state index contributed by atoms with van der Waals surface area (Å²) in [7, 11) is 0. The van der Waals surface area contributed by atoms with E-state index in [0.29, 0.717) is 6.04 Å². The lowest BCUT2D eigenvalue weighted by atomic mass is 10.1. The number of nitrogens with one attached hydrogen (secondary N) is 1. The van der Waals surface area contributed by atoms with E-state index in [0.717, 1.165) is 24.3 Å². The molecule has 3 nitrogen and oxygen atoms in total. The molecule has 0 aliphatic heterocycles. The second kappa shape index (κ2) is 5.88. The molecule has 0 amide bonds. The van der Waals surface area contributed by atoms with Gasteiger partial charge in [0, 0.05) is 25.0 Å². The van der Waals surface area contributed by atoms with Crippen molar-refractivity contribution in [2.75, 3.05) is 0 Å². The van der Waals surface area contributed by atoms with Crippen molar-refractivity contribution in [1.82, 2.24) is 14.7 Å². The number of imidazole rings is 1. The van der Waals surface area contributed by atoms with Gasteiger partial charge >= 0.3 is 0 Å². The van der Waals surface area contributed by atoms with Crippen LogP contribution in [0.3, 0.4) is 0 Å². The Hall–Kier alpha value is -2.13. The highest BCUT2D eigenvalue weighted by Gasteiger charge is 2.05. The predicted octanol–water partition coefficient (Wildman–Crippen LogP) is 3.06. The summed E-state index contributed by atoms with van der Waals surface area (Å²) >= 11 is 0. The van der Waals surface area contributed by atoms with Crippen molar-refractivity contribution in [1.29, 1.82) is 0 Å². The van der Waals surface area contributed by atoms with E-state index in [1.54, 1.807) is 0 Å². The Kier molecular flexibility index (Phi) is 3.79. The van der Waals surface area contributed by atoms with E-state index < -0.39 is 0 Å². The molecule has 2 heterocycles. The topological polar surface area (TPSA) is 29.3 Å². The maximum Gasteiger partial charge on any atom is 0.137 e. The SMILES string of the molecule is CC(Cc1ccccc1)NCc1cn2ccccc2n1. The molecule has 1 unspecified atom stereocenters. The number of hydrogen-bond acceptors (Lipinski definition) is 2. The highest BCUT2D eigenvalue weighted by atomic mass is 15.0. The van der Waals surface area contributed by atoms with Crippen molar-refractivity contribution in [3.05, 3.63) is 72.2 Å². The predicted molar refractivity (Wildman–Crippen MR) is 81.6 cm³/mol. The van der Waals surface area contributed by atoms with Gasteiger partial charge in [-0.15, -0.1) is 0 Å². The van der Waals surface area contributed by atoms with Crippen LogP contribution in [0.4, 0.5) is 0 Å². The van der Waals surface area contributed by atoms with Gasteiger partial charge < -0.3 is 9.72 Å². The summed E-state index contributed by atoms with van der Waals surface area (Å²) in [5.74, 6) is 0. The van der Waals surface area contributed by atoms with Crippen LogP contribution >= 0.6 is 0 Å². The lowest BCUT2D eigenvalue weighted by molar-refractivity contribution is 0.541. The molecule has 0 radical (unpaired) electrons. The number of aromatic nitrogens is 2. The van der Waals surface area contributed by atoms with Gasteiger partial charge in [0.05, 0.1) is 5.69 Å². The van der Waals surface area contributed by atoms with E-state index in [9.17, 15) is 0 Å². The van der Waals surface area contributed by atoms with E-state index >= 15 is 0 Å². The van der Waals surface area contributed by atoms with Crippen LogP contribution in [0.2, 0.25) is 0 Å². The molecule has 1 atom stereocenters. The van der Waals surface area contributed by atoms with Crippen LogP contribution in [0.15, 0.2) is 60.9 Å². The van der Waals surface area contributed by atoms with Crippen LogP contribution in [-0.2, 0) is 13.0 Å². The molecule has 0 fully saturated rings. The summed E-state index contributed by atoms with van der Waals surface area (Å²) in [5, 5.41) is 3.53. The normalized spacial score (nSPS) is 12.7. The minimum atomic E-state index is 0.433. The fourth-order valence-corrected chi connectivity index (χ4v) is 2.39. The Morgan fingerprint density at radius 1 is 1.10 bits per heavy atom. The fourth-order valence-electron chi connectivity index (χ4n) is 2.39. The molecule has 2 aromatic heterocycles. The molecule has 0 saturated heterocycles. The average molecular weight is 265 g/mol. The number of hydrogen-bond donors (Lipinski definition) is 1. The highest BCUT2D eigenvalue weighted by molar-refractivity contribution is 5.39. The Morgan fingerprint density at radius 3 is 2.70 bits per heavy atom. The molecule has 3 aromatic rings. The molecule has 1 N–H and O–H groups in total. The first-order valence-electron chi connectivity index (χ1n) is 7.01. The maximum atomic E-state index is 4.59. The van der Waals surface area contributed by atoms with Crippen molar-refractivity contribution in [2.45, 2.75) is 25.9 Å². The summed E-state index contributed by atoms with van der Waals surface area (Å²) in [5.41, 5.74) is 3.44. The molecule has 3 heteroatoms. The van der Waals surface area contributed by atoms with Crippen molar-refractivity contribution >= 4 is 5.65 Å². The van der Waals surface area contributed by atoms with Crippen LogP contribution in [0.1, 0.15) is 18.2 Å². The van der Waals surface area contributed by atoms with Crippen LogP contribution in [0.5, 0.6) is 0 Å². The van der Waals surface area contributed by atoms with Crippen LogP contribution in [0.25, 0.3) is 5.65 Å². The first kappa shape index (κ1) is 12.9. The Bertz CT molecular complexity index is 640. The van der Waals surface area contributed by atoms with Gasteiger partial charge in [0.15, 0.2) is 0 Å². The van der Waals surface area contributed by atoms with Gasteiger partial charge in [-0.3, -0.25) is 0 Å². The van der Waals surface area contributed by atoms with Gasteiger partial charge in [-0.05, 0) is 31.0 Å². The van der Waals surface area contributed by atoms with E-state index in [1.165, 1.54) is 5.56 Å². The zero-order valence-corrected chi connectivity index (χ0v) is 11.7. The summed E-state index contributed by atoms with van der Waals surface area (Å²) < 4.78 is 2.05. The zero-order chi connectivity index (χ0) is 13.8. The average Bonchev–Trinajstić information content (AvgIpc) is 2.89. The third-order valence-electron chi connectivity index (χ3n) is 3.43. The smallest absolute Gasteiger partial charge is 0.137 e. The number of benzene rings is 1. The van der Waals surface area contributed by atoms with Crippen LogP contribution in [-0.4, -0.2) is 15.4 Å². The van der Waals surface area contributed by atoms with E-state index in [1.807, 2.05) is 24.4 Å². The lowest BCUT2D eigenvalue weighted by Crippen LogP contribution is -2.27. The minimum Gasteiger partial charge on any atom is -0.308 e. The molecule has 1 aromatic carbocycles. The van der Waals surface area contributed by atoms with Crippen LogP contribution < -0.4 is 5.32 Å². The number of pyridine rings is 1. The second-order valence-electron chi connectivity index (χ2n) is 5.17. The van der Waals surface area contributed by atoms with Gasteiger partial charge in [-0.2, -0.15) is 0 Å². The molecule has 0 aliphatic carbocycles. The summed E-state index contributed by atoms with van der Waals surface area (Å²) in [6.45, 7) is 3.01. The molecule has 3 rings (SSSR count).